The number of pyridine rings is 1. The highest BCUT2D eigenvalue weighted by molar-refractivity contribution is 7.99. The number of carbonyl (C=O) groups excluding carboxylic acids is 2. The molecule has 0 spiro atoms. The van der Waals surface area contributed by atoms with Gasteiger partial charge in [-0.15, -0.1) is 0 Å². The smallest absolute Gasteiger partial charge is 0.255 e. The van der Waals surface area contributed by atoms with Crippen molar-refractivity contribution in [3.05, 3.63) is 65.9 Å². The lowest BCUT2D eigenvalue weighted by Crippen LogP contribution is -2.28. The standard InChI is InChI=1S/C25H27N3O3S/c1-27(16-18-5-6-20-14-22(31-2)9-7-19(20)13-18)24(29)17-32-23-10-8-21(15-26-23)25(30)28-11-3-4-12-28/h5-10,13-15H,3-4,11-12,16-17H2,1-2H3. The van der Waals surface area contributed by atoms with Gasteiger partial charge in [-0.3, -0.25) is 9.59 Å². The molecular formula is C25H27N3O3S. The average molecular weight is 450 g/mol. The number of hydrogen-bond donors (Lipinski definition) is 0. The quantitative estimate of drug-likeness (QED) is 0.505. The van der Waals surface area contributed by atoms with Crippen molar-refractivity contribution in [3.8, 4) is 5.75 Å². The first-order valence-electron chi connectivity index (χ1n) is 10.7. The summed E-state index contributed by atoms with van der Waals surface area (Å²) in [5.41, 5.74) is 1.68. The van der Waals surface area contributed by atoms with Crippen molar-refractivity contribution in [2.24, 2.45) is 0 Å². The predicted molar refractivity (Wildman–Crippen MR) is 127 cm³/mol. The van der Waals surface area contributed by atoms with E-state index in [2.05, 4.69) is 17.1 Å². The number of fused-ring (bicyclic) bond motifs is 1. The summed E-state index contributed by atoms with van der Waals surface area (Å²) in [6.07, 6.45) is 3.74. The maximum Gasteiger partial charge on any atom is 0.255 e. The van der Waals surface area contributed by atoms with Gasteiger partial charge in [-0.2, -0.15) is 0 Å². The van der Waals surface area contributed by atoms with E-state index in [4.69, 9.17) is 4.74 Å². The van der Waals surface area contributed by atoms with Gasteiger partial charge in [0.2, 0.25) is 5.91 Å². The molecule has 4 rings (SSSR count). The van der Waals surface area contributed by atoms with E-state index in [1.807, 2.05) is 42.3 Å². The van der Waals surface area contributed by atoms with Crippen molar-refractivity contribution in [1.29, 1.82) is 0 Å². The molecular weight excluding hydrogens is 422 g/mol. The van der Waals surface area contributed by atoms with Crippen LogP contribution in [0.4, 0.5) is 0 Å². The van der Waals surface area contributed by atoms with E-state index in [1.54, 1.807) is 24.3 Å². The molecule has 0 radical (unpaired) electrons. The fraction of sp³-hybridized carbons (Fsp3) is 0.320. The van der Waals surface area contributed by atoms with E-state index in [9.17, 15) is 9.59 Å². The molecule has 0 atom stereocenters. The summed E-state index contributed by atoms with van der Waals surface area (Å²) in [7, 11) is 3.47. The average Bonchev–Trinajstić information content (AvgIpc) is 3.37. The van der Waals surface area contributed by atoms with Crippen LogP contribution in [0.15, 0.2) is 59.8 Å². The van der Waals surface area contributed by atoms with E-state index in [0.717, 1.165) is 53.0 Å². The van der Waals surface area contributed by atoms with Crippen molar-refractivity contribution >= 4 is 34.3 Å². The van der Waals surface area contributed by atoms with Gasteiger partial charge in [-0.25, -0.2) is 4.98 Å². The second kappa shape index (κ2) is 10.0. The van der Waals surface area contributed by atoms with E-state index < -0.39 is 0 Å². The molecule has 1 fully saturated rings. The van der Waals surface area contributed by atoms with Crippen LogP contribution >= 0.6 is 11.8 Å². The molecule has 0 bridgehead atoms. The highest BCUT2D eigenvalue weighted by Gasteiger charge is 2.19. The monoisotopic (exact) mass is 449 g/mol. The van der Waals surface area contributed by atoms with Crippen LogP contribution in [0, 0.1) is 0 Å². The van der Waals surface area contributed by atoms with Crippen LogP contribution in [0.2, 0.25) is 0 Å². The molecule has 166 valence electrons. The zero-order valence-electron chi connectivity index (χ0n) is 18.4. The first-order valence-corrected chi connectivity index (χ1v) is 11.7. The molecule has 1 saturated heterocycles. The normalized spacial score (nSPS) is 13.4. The SMILES string of the molecule is COc1ccc2cc(CN(C)C(=O)CSc3ccc(C(=O)N4CCCC4)cn3)ccc2c1. The molecule has 6 nitrogen and oxygen atoms in total. The fourth-order valence-corrected chi connectivity index (χ4v) is 4.58. The molecule has 1 aliphatic heterocycles. The number of thioether (sulfide) groups is 1. The van der Waals surface area contributed by atoms with E-state index in [1.165, 1.54) is 11.8 Å². The number of amides is 2. The number of benzene rings is 2. The number of hydrogen-bond acceptors (Lipinski definition) is 5. The first kappa shape index (κ1) is 22.1. The van der Waals surface area contributed by atoms with Gasteiger partial charge in [-0.05, 0) is 59.5 Å². The molecule has 0 saturated carbocycles. The molecule has 32 heavy (non-hydrogen) atoms. The summed E-state index contributed by atoms with van der Waals surface area (Å²) in [5.74, 6) is 1.20. The Morgan fingerprint density at radius 1 is 1.06 bits per heavy atom. The van der Waals surface area contributed by atoms with Gasteiger partial charge in [-0.1, -0.05) is 30.0 Å². The number of nitrogens with zero attached hydrogens (tertiary/aromatic N) is 3. The lowest BCUT2D eigenvalue weighted by molar-refractivity contribution is -0.127. The van der Waals surface area contributed by atoms with Crippen molar-refractivity contribution in [2.45, 2.75) is 24.4 Å². The van der Waals surface area contributed by atoms with E-state index in [-0.39, 0.29) is 11.8 Å². The Morgan fingerprint density at radius 3 is 2.53 bits per heavy atom. The second-order valence-electron chi connectivity index (χ2n) is 7.97. The molecule has 0 N–H and O–H groups in total. The number of likely N-dealkylation sites (tertiary alicyclic amines) is 1. The lowest BCUT2D eigenvalue weighted by atomic mass is 10.1. The summed E-state index contributed by atoms with van der Waals surface area (Å²) in [6.45, 7) is 2.18. The highest BCUT2D eigenvalue weighted by Crippen LogP contribution is 2.23. The van der Waals surface area contributed by atoms with Gasteiger partial charge in [0.25, 0.3) is 5.91 Å². The van der Waals surface area contributed by atoms with Gasteiger partial charge < -0.3 is 14.5 Å². The van der Waals surface area contributed by atoms with Crippen molar-refractivity contribution < 1.29 is 14.3 Å². The Bertz CT molecular complexity index is 1110. The van der Waals surface area contributed by atoms with Gasteiger partial charge in [0.1, 0.15) is 5.75 Å². The zero-order chi connectivity index (χ0) is 22.5. The minimum atomic E-state index is 0.0313. The first-order chi connectivity index (χ1) is 15.5. The maximum absolute atomic E-state index is 12.6. The highest BCUT2D eigenvalue weighted by atomic mass is 32.2. The number of methoxy groups -OCH3 is 1. The third kappa shape index (κ3) is 5.22. The second-order valence-corrected chi connectivity index (χ2v) is 8.97. The fourth-order valence-electron chi connectivity index (χ4n) is 3.80. The van der Waals surface area contributed by atoms with Crippen LogP contribution in [0.1, 0.15) is 28.8 Å². The third-order valence-electron chi connectivity index (χ3n) is 5.68. The number of rotatable bonds is 7. The molecule has 2 amide bonds. The van der Waals surface area contributed by atoms with Crippen molar-refractivity contribution in [1.82, 2.24) is 14.8 Å². The molecule has 1 aliphatic rings. The van der Waals surface area contributed by atoms with E-state index >= 15 is 0 Å². The lowest BCUT2D eigenvalue weighted by Gasteiger charge is -2.17. The van der Waals surface area contributed by atoms with Gasteiger partial charge >= 0.3 is 0 Å². The van der Waals surface area contributed by atoms with Crippen LogP contribution in [-0.4, -0.2) is 59.6 Å². The number of carbonyl (C=O) groups is 2. The Balaban J connectivity index is 1.30. The van der Waals surface area contributed by atoms with Gasteiger partial charge in [0.15, 0.2) is 0 Å². The minimum absolute atomic E-state index is 0.0313. The van der Waals surface area contributed by atoms with Crippen LogP contribution in [0.5, 0.6) is 5.75 Å². The Morgan fingerprint density at radius 2 is 1.81 bits per heavy atom. The zero-order valence-corrected chi connectivity index (χ0v) is 19.2. The maximum atomic E-state index is 12.6. The largest absolute Gasteiger partial charge is 0.497 e. The predicted octanol–water partition coefficient (Wildman–Crippen LogP) is 4.23. The Labute approximate surface area is 192 Å². The number of ether oxygens (including phenoxy) is 1. The molecule has 2 heterocycles. The number of aromatic nitrogens is 1. The summed E-state index contributed by atoms with van der Waals surface area (Å²) in [4.78, 5) is 33.0. The Hall–Kier alpha value is -3.06. The summed E-state index contributed by atoms with van der Waals surface area (Å²) in [6, 6.07) is 15.8. The topological polar surface area (TPSA) is 62.7 Å². The van der Waals surface area contributed by atoms with Gasteiger partial charge in [0, 0.05) is 32.9 Å². The molecule has 3 aromatic rings. The summed E-state index contributed by atoms with van der Waals surface area (Å²) in [5, 5.41) is 2.96. The van der Waals surface area contributed by atoms with Crippen molar-refractivity contribution in [2.75, 3.05) is 33.0 Å². The van der Waals surface area contributed by atoms with Crippen LogP contribution < -0.4 is 4.74 Å². The molecule has 0 aliphatic carbocycles. The van der Waals surface area contributed by atoms with Crippen molar-refractivity contribution in [3.63, 3.8) is 0 Å². The van der Waals surface area contributed by atoms with Crippen LogP contribution in [-0.2, 0) is 11.3 Å². The Kier molecular flexibility index (Phi) is 6.95. The van der Waals surface area contributed by atoms with E-state index in [0.29, 0.717) is 17.9 Å². The van der Waals surface area contributed by atoms with Gasteiger partial charge in [0.05, 0.1) is 23.5 Å². The molecule has 7 heteroatoms. The minimum Gasteiger partial charge on any atom is -0.497 e. The molecule has 1 aromatic heterocycles. The molecule has 2 aromatic carbocycles. The summed E-state index contributed by atoms with van der Waals surface area (Å²) < 4.78 is 5.27. The van der Waals surface area contributed by atoms with Crippen LogP contribution in [0.3, 0.4) is 0 Å². The molecule has 0 unspecified atom stereocenters. The third-order valence-corrected chi connectivity index (χ3v) is 6.61. The summed E-state index contributed by atoms with van der Waals surface area (Å²) >= 11 is 1.39. The van der Waals surface area contributed by atoms with Crippen LogP contribution in [0.25, 0.3) is 10.8 Å².